The van der Waals surface area contributed by atoms with Crippen LogP contribution in [0, 0.1) is 5.92 Å². The second kappa shape index (κ2) is 7.70. The number of pyridine rings is 1. The van der Waals surface area contributed by atoms with E-state index in [1.807, 2.05) is 20.8 Å². The molecule has 6 nitrogen and oxygen atoms in total. The zero-order valence-electron chi connectivity index (χ0n) is 11.6. The molecule has 4 N–H and O–H groups in total. The first-order valence-corrected chi connectivity index (χ1v) is 6.39. The van der Waals surface area contributed by atoms with Gasteiger partial charge in [-0.15, -0.1) is 0 Å². The largest absolute Gasteiger partial charge is 0.380 e. The maximum atomic E-state index is 12.1. The number of carbonyl (C=O) groups excluding carboxylic acids is 1. The van der Waals surface area contributed by atoms with Crippen molar-refractivity contribution in [1.82, 2.24) is 10.3 Å². The molecule has 1 amide bonds. The second-order valence-electron chi connectivity index (χ2n) is 4.56. The molecule has 1 rings (SSSR count). The summed E-state index contributed by atoms with van der Waals surface area (Å²) in [5, 5.41) is 2.92. The van der Waals surface area contributed by atoms with Gasteiger partial charge in [0.05, 0.1) is 18.3 Å². The fraction of sp³-hybridized carbons (Fsp3) is 0.538. The van der Waals surface area contributed by atoms with Crippen LogP contribution in [0.5, 0.6) is 0 Å². The number of anilines is 1. The first-order chi connectivity index (χ1) is 9.08. The summed E-state index contributed by atoms with van der Waals surface area (Å²) in [7, 11) is 0. The van der Waals surface area contributed by atoms with Crippen LogP contribution in [-0.4, -0.2) is 30.1 Å². The van der Waals surface area contributed by atoms with E-state index in [-0.39, 0.29) is 17.9 Å². The Morgan fingerprint density at radius 2 is 2.26 bits per heavy atom. The molecule has 1 atom stereocenters. The predicted octanol–water partition coefficient (Wildman–Crippen LogP) is 1.16. The number of nitrogen functional groups attached to an aromatic ring is 1. The highest BCUT2D eigenvalue weighted by Gasteiger charge is 2.18. The van der Waals surface area contributed by atoms with E-state index in [1.54, 1.807) is 12.1 Å². The van der Waals surface area contributed by atoms with Crippen LogP contribution in [0.15, 0.2) is 18.3 Å². The quantitative estimate of drug-likeness (QED) is 0.509. The summed E-state index contributed by atoms with van der Waals surface area (Å²) in [5.41, 5.74) is 3.46. The number of amides is 1. The van der Waals surface area contributed by atoms with Gasteiger partial charge in [-0.25, -0.2) is 0 Å². The Labute approximate surface area is 113 Å². The molecule has 0 aliphatic heterocycles. The topological polar surface area (TPSA) is 89.3 Å². The standard InChI is InChI=1S/C13H22N4O2/c1-4-19-8-12(9(2)3)16-13(18)11-7-10(17-14)5-6-15-11/h5-7,9,12H,4,8,14H2,1-3H3,(H,15,17)(H,16,18). The van der Waals surface area contributed by atoms with E-state index >= 15 is 0 Å². The van der Waals surface area contributed by atoms with E-state index < -0.39 is 0 Å². The normalized spacial score (nSPS) is 12.3. The van der Waals surface area contributed by atoms with Gasteiger partial charge in [-0.05, 0) is 25.0 Å². The number of nitrogens with one attached hydrogen (secondary N) is 2. The number of rotatable bonds is 7. The van der Waals surface area contributed by atoms with E-state index in [4.69, 9.17) is 10.6 Å². The van der Waals surface area contributed by atoms with Crippen molar-refractivity contribution in [3.8, 4) is 0 Å². The molecule has 0 aliphatic carbocycles. The summed E-state index contributed by atoms with van der Waals surface area (Å²) in [4.78, 5) is 16.1. The Kier molecular flexibility index (Phi) is 6.24. The molecule has 0 saturated carbocycles. The number of ether oxygens (including phenoxy) is 1. The fourth-order valence-corrected chi connectivity index (χ4v) is 1.53. The minimum Gasteiger partial charge on any atom is -0.380 e. The molecular weight excluding hydrogens is 244 g/mol. The lowest BCUT2D eigenvalue weighted by Gasteiger charge is -2.22. The van der Waals surface area contributed by atoms with Gasteiger partial charge in [-0.3, -0.25) is 15.6 Å². The summed E-state index contributed by atoms with van der Waals surface area (Å²) >= 11 is 0. The third-order valence-corrected chi connectivity index (χ3v) is 2.78. The number of carbonyl (C=O) groups is 1. The smallest absolute Gasteiger partial charge is 0.270 e. The van der Waals surface area contributed by atoms with Crippen LogP contribution in [-0.2, 0) is 4.74 Å². The van der Waals surface area contributed by atoms with Crippen LogP contribution in [0.4, 0.5) is 5.69 Å². The van der Waals surface area contributed by atoms with Gasteiger partial charge in [-0.1, -0.05) is 13.8 Å². The molecular formula is C13H22N4O2. The van der Waals surface area contributed by atoms with Crippen molar-refractivity contribution in [3.63, 3.8) is 0 Å². The van der Waals surface area contributed by atoms with Crippen LogP contribution in [0.3, 0.4) is 0 Å². The van der Waals surface area contributed by atoms with Gasteiger partial charge in [0.15, 0.2) is 0 Å². The highest BCUT2D eigenvalue weighted by atomic mass is 16.5. The van der Waals surface area contributed by atoms with Gasteiger partial charge >= 0.3 is 0 Å². The van der Waals surface area contributed by atoms with Crippen molar-refractivity contribution >= 4 is 11.6 Å². The molecule has 0 aliphatic rings. The molecule has 0 aromatic carbocycles. The number of hydrogen-bond acceptors (Lipinski definition) is 5. The van der Waals surface area contributed by atoms with E-state index in [0.717, 1.165) is 0 Å². The third-order valence-electron chi connectivity index (χ3n) is 2.78. The first-order valence-electron chi connectivity index (χ1n) is 6.39. The van der Waals surface area contributed by atoms with Crippen LogP contribution < -0.4 is 16.6 Å². The predicted molar refractivity (Wildman–Crippen MR) is 74.6 cm³/mol. The molecule has 106 valence electrons. The average Bonchev–Trinajstić information content (AvgIpc) is 2.42. The van der Waals surface area contributed by atoms with Crippen molar-refractivity contribution in [1.29, 1.82) is 0 Å². The van der Waals surface area contributed by atoms with Crippen LogP contribution in [0.25, 0.3) is 0 Å². The number of nitrogens with zero attached hydrogens (tertiary/aromatic N) is 1. The summed E-state index contributed by atoms with van der Waals surface area (Å²) in [6.07, 6.45) is 1.54. The number of aromatic nitrogens is 1. The zero-order valence-corrected chi connectivity index (χ0v) is 11.6. The second-order valence-corrected chi connectivity index (χ2v) is 4.56. The highest BCUT2D eigenvalue weighted by Crippen LogP contribution is 2.08. The zero-order chi connectivity index (χ0) is 14.3. The minimum atomic E-state index is -0.226. The lowest BCUT2D eigenvalue weighted by atomic mass is 10.1. The number of hydrazine groups is 1. The molecule has 1 aromatic heterocycles. The summed E-state index contributed by atoms with van der Waals surface area (Å²) in [6, 6.07) is 3.26. The summed E-state index contributed by atoms with van der Waals surface area (Å²) in [5.74, 6) is 5.36. The molecule has 0 saturated heterocycles. The Morgan fingerprint density at radius 1 is 1.53 bits per heavy atom. The molecule has 1 aromatic rings. The molecule has 1 heterocycles. The third kappa shape index (κ3) is 4.84. The lowest BCUT2D eigenvalue weighted by molar-refractivity contribution is 0.0802. The summed E-state index contributed by atoms with van der Waals surface area (Å²) in [6.45, 7) is 7.13. The maximum Gasteiger partial charge on any atom is 0.270 e. The van der Waals surface area contributed by atoms with Crippen molar-refractivity contribution in [2.24, 2.45) is 11.8 Å². The van der Waals surface area contributed by atoms with E-state index in [9.17, 15) is 4.79 Å². The monoisotopic (exact) mass is 266 g/mol. The number of hydrogen-bond donors (Lipinski definition) is 3. The molecule has 0 fully saturated rings. The number of nitrogens with two attached hydrogens (primary N) is 1. The van der Waals surface area contributed by atoms with Crippen LogP contribution >= 0.6 is 0 Å². The van der Waals surface area contributed by atoms with Gasteiger partial charge < -0.3 is 15.5 Å². The molecule has 6 heteroatoms. The van der Waals surface area contributed by atoms with Gasteiger partial charge in [0.1, 0.15) is 5.69 Å². The van der Waals surface area contributed by atoms with Crippen molar-refractivity contribution in [3.05, 3.63) is 24.0 Å². The van der Waals surface area contributed by atoms with Gasteiger partial charge in [-0.2, -0.15) is 0 Å². The van der Waals surface area contributed by atoms with Gasteiger partial charge in [0.2, 0.25) is 0 Å². The van der Waals surface area contributed by atoms with Crippen LogP contribution in [0.1, 0.15) is 31.3 Å². The molecule has 19 heavy (non-hydrogen) atoms. The highest BCUT2D eigenvalue weighted by molar-refractivity contribution is 5.93. The van der Waals surface area contributed by atoms with E-state index in [2.05, 4.69) is 15.7 Å². The van der Waals surface area contributed by atoms with Gasteiger partial charge in [0, 0.05) is 12.8 Å². The summed E-state index contributed by atoms with van der Waals surface area (Å²) < 4.78 is 5.37. The average molecular weight is 266 g/mol. The fourth-order valence-electron chi connectivity index (χ4n) is 1.53. The Hall–Kier alpha value is -1.66. The maximum absolute atomic E-state index is 12.1. The Bertz CT molecular complexity index is 409. The lowest BCUT2D eigenvalue weighted by Crippen LogP contribution is -2.42. The van der Waals surface area contributed by atoms with Gasteiger partial charge in [0.25, 0.3) is 5.91 Å². The van der Waals surface area contributed by atoms with Crippen molar-refractivity contribution in [2.75, 3.05) is 18.6 Å². The molecule has 0 bridgehead atoms. The van der Waals surface area contributed by atoms with E-state index in [1.165, 1.54) is 6.20 Å². The Morgan fingerprint density at radius 3 is 2.84 bits per heavy atom. The molecule has 0 spiro atoms. The van der Waals surface area contributed by atoms with Crippen LogP contribution in [0.2, 0.25) is 0 Å². The minimum absolute atomic E-state index is 0.0382. The van der Waals surface area contributed by atoms with Crippen molar-refractivity contribution < 1.29 is 9.53 Å². The SMILES string of the molecule is CCOCC(NC(=O)c1cc(NN)ccn1)C(C)C. The van der Waals surface area contributed by atoms with E-state index in [0.29, 0.717) is 24.6 Å². The molecule has 0 radical (unpaired) electrons. The molecule has 1 unspecified atom stereocenters. The Balaban J connectivity index is 2.69. The van der Waals surface area contributed by atoms with Crippen molar-refractivity contribution in [2.45, 2.75) is 26.8 Å². The first kappa shape index (κ1) is 15.4.